The maximum absolute atomic E-state index is 13.5. The highest BCUT2D eigenvalue weighted by Gasteiger charge is 2.24. The zero-order chi connectivity index (χ0) is 15.4. The van der Waals surface area contributed by atoms with Crippen LogP contribution < -0.4 is 5.32 Å². The first-order chi connectivity index (χ1) is 10.0. The molecule has 1 heterocycles. The van der Waals surface area contributed by atoms with Gasteiger partial charge in [-0.1, -0.05) is 6.92 Å². The predicted molar refractivity (Wildman–Crippen MR) is 73.4 cm³/mol. The molecule has 1 aliphatic heterocycles. The molecule has 0 radical (unpaired) electrons. The summed E-state index contributed by atoms with van der Waals surface area (Å²) in [5, 5.41) is 13.6. The van der Waals surface area contributed by atoms with Crippen molar-refractivity contribution in [1.82, 2.24) is 4.90 Å². The minimum atomic E-state index is -1.19. The molecule has 2 rings (SSSR count). The van der Waals surface area contributed by atoms with E-state index in [2.05, 4.69) is 10.2 Å². The fraction of sp³-hybridized carbons (Fsp3) is 0.538. The number of ether oxygens (including phenoxy) is 1. The zero-order valence-corrected chi connectivity index (χ0v) is 11.6. The SMILES string of the molecule is CCN1CCOC(CNc2cc(F)cc(F)c2[N+](=O)[O-])C1. The summed E-state index contributed by atoms with van der Waals surface area (Å²) in [4.78, 5) is 12.2. The molecule has 8 heteroatoms. The number of morpholine rings is 1. The van der Waals surface area contributed by atoms with Crippen LogP contribution in [0.4, 0.5) is 20.2 Å². The van der Waals surface area contributed by atoms with Crippen LogP contribution in [-0.2, 0) is 4.74 Å². The highest BCUT2D eigenvalue weighted by atomic mass is 19.1. The molecule has 1 unspecified atom stereocenters. The molecule has 0 spiro atoms. The zero-order valence-electron chi connectivity index (χ0n) is 11.6. The summed E-state index contributed by atoms with van der Waals surface area (Å²) in [6.45, 7) is 5.24. The van der Waals surface area contributed by atoms with E-state index >= 15 is 0 Å². The molecule has 1 aromatic rings. The lowest BCUT2D eigenvalue weighted by molar-refractivity contribution is -0.386. The highest BCUT2D eigenvalue weighted by molar-refractivity contribution is 5.62. The third-order valence-electron chi connectivity index (χ3n) is 3.40. The number of nitrogens with zero attached hydrogens (tertiary/aromatic N) is 2. The molecule has 1 atom stereocenters. The Morgan fingerprint density at radius 2 is 2.29 bits per heavy atom. The number of hydrogen-bond donors (Lipinski definition) is 1. The smallest absolute Gasteiger partial charge is 0.327 e. The summed E-state index contributed by atoms with van der Waals surface area (Å²) >= 11 is 0. The number of nitro groups is 1. The third-order valence-corrected chi connectivity index (χ3v) is 3.40. The van der Waals surface area contributed by atoms with Gasteiger partial charge in [0.05, 0.1) is 17.6 Å². The summed E-state index contributed by atoms with van der Waals surface area (Å²) in [5.74, 6) is -2.05. The second kappa shape index (κ2) is 6.77. The Morgan fingerprint density at radius 3 is 2.95 bits per heavy atom. The summed E-state index contributed by atoms with van der Waals surface area (Å²) < 4.78 is 32.2. The molecule has 1 fully saturated rings. The number of hydrogen-bond acceptors (Lipinski definition) is 5. The van der Waals surface area contributed by atoms with E-state index in [0.29, 0.717) is 19.2 Å². The molecule has 0 aromatic heterocycles. The average molecular weight is 301 g/mol. The van der Waals surface area contributed by atoms with Crippen molar-refractivity contribution >= 4 is 11.4 Å². The lowest BCUT2D eigenvalue weighted by Gasteiger charge is -2.32. The van der Waals surface area contributed by atoms with Crippen molar-refractivity contribution in [2.45, 2.75) is 13.0 Å². The monoisotopic (exact) mass is 301 g/mol. The van der Waals surface area contributed by atoms with Crippen LogP contribution in [-0.4, -0.2) is 48.7 Å². The fourth-order valence-corrected chi connectivity index (χ4v) is 2.30. The molecule has 1 aliphatic rings. The van der Waals surface area contributed by atoms with Gasteiger partial charge in [-0.15, -0.1) is 0 Å². The lowest BCUT2D eigenvalue weighted by Crippen LogP contribution is -2.45. The van der Waals surface area contributed by atoms with Crippen molar-refractivity contribution in [3.8, 4) is 0 Å². The molecule has 6 nitrogen and oxygen atoms in total. The first-order valence-electron chi connectivity index (χ1n) is 6.72. The number of benzene rings is 1. The molecule has 21 heavy (non-hydrogen) atoms. The normalized spacial score (nSPS) is 19.5. The van der Waals surface area contributed by atoms with E-state index in [1.54, 1.807) is 0 Å². The maximum atomic E-state index is 13.5. The van der Waals surface area contributed by atoms with Gasteiger partial charge in [-0.2, -0.15) is 4.39 Å². The number of anilines is 1. The molecule has 1 N–H and O–H groups in total. The third kappa shape index (κ3) is 3.85. The second-order valence-corrected chi connectivity index (χ2v) is 4.81. The van der Waals surface area contributed by atoms with Crippen LogP contribution >= 0.6 is 0 Å². The van der Waals surface area contributed by atoms with Crippen LogP contribution in [0.2, 0.25) is 0 Å². The molecule has 0 bridgehead atoms. The Kier molecular flexibility index (Phi) is 5.03. The minimum absolute atomic E-state index is 0.172. The Morgan fingerprint density at radius 1 is 1.52 bits per heavy atom. The van der Waals surface area contributed by atoms with Crippen molar-refractivity contribution in [2.24, 2.45) is 0 Å². The van der Waals surface area contributed by atoms with Gasteiger partial charge in [0.1, 0.15) is 11.5 Å². The van der Waals surface area contributed by atoms with Crippen LogP contribution in [0.1, 0.15) is 6.92 Å². The van der Waals surface area contributed by atoms with Gasteiger partial charge < -0.3 is 10.1 Å². The quantitative estimate of drug-likeness (QED) is 0.665. The highest BCUT2D eigenvalue weighted by Crippen LogP contribution is 2.28. The predicted octanol–water partition coefficient (Wildman–Crippen LogP) is 2.01. The van der Waals surface area contributed by atoms with E-state index in [9.17, 15) is 18.9 Å². The van der Waals surface area contributed by atoms with E-state index in [0.717, 1.165) is 19.2 Å². The summed E-state index contributed by atoms with van der Waals surface area (Å²) in [6.07, 6.45) is -0.176. The fourth-order valence-electron chi connectivity index (χ4n) is 2.30. The van der Waals surface area contributed by atoms with Crippen molar-refractivity contribution in [2.75, 3.05) is 38.1 Å². The number of rotatable bonds is 5. The molecule has 1 saturated heterocycles. The Hall–Kier alpha value is -1.80. The number of halogens is 2. The molecular weight excluding hydrogens is 284 g/mol. The molecular formula is C13H17F2N3O3. The van der Waals surface area contributed by atoms with Gasteiger partial charge in [0.15, 0.2) is 0 Å². The average Bonchev–Trinajstić information content (AvgIpc) is 2.44. The molecule has 0 saturated carbocycles. The van der Waals surface area contributed by atoms with Crippen LogP contribution in [0.5, 0.6) is 0 Å². The number of nitrogens with one attached hydrogen (secondary N) is 1. The van der Waals surface area contributed by atoms with Gasteiger partial charge in [-0.3, -0.25) is 15.0 Å². The first-order valence-corrected chi connectivity index (χ1v) is 6.72. The van der Waals surface area contributed by atoms with E-state index in [1.807, 2.05) is 6.92 Å². The van der Waals surface area contributed by atoms with Gasteiger partial charge in [0.2, 0.25) is 5.82 Å². The standard InChI is InChI=1S/C13H17F2N3O3/c1-2-17-3-4-21-10(8-17)7-16-12-6-9(14)5-11(15)13(12)18(19)20/h5-6,10,16H,2-4,7-8H2,1H3. The van der Waals surface area contributed by atoms with Crippen molar-refractivity contribution in [3.63, 3.8) is 0 Å². The Balaban J connectivity index is 2.07. The van der Waals surface area contributed by atoms with E-state index in [-0.39, 0.29) is 18.3 Å². The van der Waals surface area contributed by atoms with E-state index < -0.39 is 22.2 Å². The Bertz CT molecular complexity index is 528. The van der Waals surface area contributed by atoms with Crippen LogP contribution in [0, 0.1) is 21.7 Å². The number of likely N-dealkylation sites (N-methyl/N-ethyl adjacent to an activating group) is 1. The molecule has 1 aromatic carbocycles. The van der Waals surface area contributed by atoms with Gasteiger partial charge in [-0.05, 0) is 6.54 Å². The van der Waals surface area contributed by atoms with Gasteiger partial charge in [-0.25, -0.2) is 4.39 Å². The van der Waals surface area contributed by atoms with E-state index in [1.165, 1.54) is 0 Å². The van der Waals surface area contributed by atoms with Crippen LogP contribution in [0.15, 0.2) is 12.1 Å². The maximum Gasteiger partial charge on any atom is 0.327 e. The summed E-state index contributed by atoms with van der Waals surface area (Å²) in [5.41, 5.74) is -0.922. The summed E-state index contributed by atoms with van der Waals surface area (Å²) in [7, 11) is 0. The Labute approximate surface area is 120 Å². The van der Waals surface area contributed by atoms with Crippen LogP contribution in [0.3, 0.4) is 0 Å². The van der Waals surface area contributed by atoms with Crippen molar-refractivity contribution in [3.05, 3.63) is 33.9 Å². The summed E-state index contributed by atoms with van der Waals surface area (Å²) in [6, 6.07) is 1.42. The molecule has 116 valence electrons. The lowest BCUT2D eigenvalue weighted by atomic mass is 10.2. The van der Waals surface area contributed by atoms with Crippen molar-refractivity contribution < 1.29 is 18.4 Å². The van der Waals surface area contributed by atoms with Gasteiger partial charge >= 0.3 is 5.69 Å². The van der Waals surface area contributed by atoms with Crippen LogP contribution in [0.25, 0.3) is 0 Å². The van der Waals surface area contributed by atoms with Gasteiger partial charge in [0.25, 0.3) is 0 Å². The molecule has 0 amide bonds. The van der Waals surface area contributed by atoms with Crippen molar-refractivity contribution in [1.29, 1.82) is 0 Å². The largest absolute Gasteiger partial charge is 0.377 e. The van der Waals surface area contributed by atoms with E-state index in [4.69, 9.17) is 4.74 Å². The topological polar surface area (TPSA) is 67.6 Å². The minimum Gasteiger partial charge on any atom is -0.377 e. The van der Waals surface area contributed by atoms with Gasteiger partial charge in [0, 0.05) is 31.8 Å². The number of nitro benzene ring substituents is 1. The first kappa shape index (κ1) is 15.6. The molecule has 0 aliphatic carbocycles. The second-order valence-electron chi connectivity index (χ2n) is 4.81.